The van der Waals surface area contributed by atoms with Gasteiger partial charge < -0.3 is 30.5 Å². The highest BCUT2D eigenvalue weighted by molar-refractivity contribution is 5.98. The molecule has 2 aromatic rings. The molecule has 3 aliphatic carbocycles. The standard InChI is InChI=1S/C39H46FN5O7/c40-28-10-6-8-23-16-24(17-27(23)28)37(50)52-26-18-30-35(48)43-39(38(51)41-20-22-12-13-22)19-25(39)9-4-2-1-3-5-11-29(36(49)45(30)21-26)42-31-32(34(47)33(31)46)44-14-7-15-44/h4,6,8-10,22,24-26,29-30,42H,1-3,5,7,11-21H2,(H,41,51)(H,43,48)/t24?,25-,26-,29+,30+,39-/m1/s1. The van der Waals surface area contributed by atoms with Crippen LogP contribution >= 0.6 is 0 Å². The van der Waals surface area contributed by atoms with Crippen LogP contribution in [0.5, 0.6) is 0 Å². The van der Waals surface area contributed by atoms with Crippen molar-refractivity contribution >= 4 is 35.1 Å². The summed E-state index contributed by atoms with van der Waals surface area (Å²) in [7, 11) is 0. The molecular formula is C39H46FN5O7. The van der Waals surface area contributed by atoms with Gasteiger partial charge in [-0.2, -0.15) is 0 Å². The summed E-state index contributed by atoms with van der Waals surface area (Å²) in [6, 6.07) is 2.82. The summed E-state index contributed by atoms with van der Waals surface area (Å²) in [5.74, 6) is -2.39. The molecule has 3 aliphatic heterocycles. The maximum Gasteiger partial charge on any atom is 0.309 e. The van der Waals surface area contributed by atoms with Crippen LogP contribution in [0.4, 0.5) is 15.8 Å². The first kappa shape index (κ1) is 34.5. The van der Waals surface area contributed by atoms with Crippen molar-refractivity contribution in [3.63, 3.8) is 0 Å². The van der Waals surface area contributed by atoms with Crippen molar-refractivity contribution in [2.45, 2.75) is 101 Å². The largest absolute Gasteiger partial charge is 0.460 e. The van der Waals surface area contributed by atoms with Gasteiger partial charge in [-0.05, 0) is 80.9 Å². The summed E-state index contributed by atoms with van der Waals surface area (Å²) < 4.78 is 20.5. The minimum absolute atomic E-state index is 0.0173. The number of rotatable bonds is 8. The number of allylic oxidation sites excluding steroid dienone is 1. The Morgan fingerprint density at radius 3 is 2.58 bits per heavy atom. The molecule has 2 saturated carbocycles. The van der Waals surface area contributed by atoms with Gasteiger partial charge in [-0.3, -0.25) is 28.8 Å². The van der Waals surface area contributed by atoms with Crippen LogP contribution in [0.3, 0.4) is 0 Å². The van der Waals surface area contributed by atoms with Gasteiger partial charge in [0.05, 0.1) is 12.5 Å². The second-order valence-electron chi connectivity index (χ2n) is 15.7. The van der Waals surface area contributed by atoms with E-state index in [0.29, 0.717) is 62.5 Å². The lowest BCUT2D eigenvalue weighted by Crippen LogP contribution is -2.57. The number of hydrogen-bond acceptors (Lipinski definition) is 9. The van der Waals surface area contributed by atoms with Crippen molar-refractivity contribution in [1.29, 1.82) is 0 Å². The normalized spacial score (nSPS) is 30.3. The van der Waals surface area contributed by atoms with E-state index in [1.807, 2.05) is 11.0 Å². The summed E-state index contributed by atoms with van der Waals surface area (Å²) in [6.45, 7) is 1.80. The first-order chi connectivity index (χ1) is 25.1. The Hall–Kier alpha value is -4.55. The van der Waals surface area contributed by atoms with Gasteiger partial charge in [0.1, 0.15) is 40.9 Å². The zero-order valence-corrected chi connectivity index (χ0v) is 29.3. The second kappa shape index (κ2) is 13.8. The fourth-order valence-corrected chi connectivity index (χ4v) is 8.45. The van der Waals surface area contributed by atoms with E-state index in [0.717, 1.165) is 44.1 Å². The molecule has 0 spiro atoms. The zero-order chi connectivity index (χ0) is 36.1. The SMILES string of the molecule is O=C(O[C@@H]1C[C@H]2C(=O)N[C@]3(C(=O)NCC4CC4)C[C@H]3C=CCCCCC[C@H](Nc3c(N4CCC4)c(=O)c3=O)C(=O)N2C1)C1Cc2cccc(F)c2C1. The number of fused-ring (bicyclic) bond motifs is 3. The van der Waals surface area contributed by atoms with Gasteiger partial charge in [-0.25, -0.2) is 4.39 Å². The van der Waals surface area contributed by atoms with Crippen molar-refractivity contribution < 1.29 is 28.3 Å². The Morgan fingerprint density at radius 2 is 1.83 bits per heavy atom. The summed E-state index contributed by atoms with van der Waals surface area (Å²) >= 11 is 0. The lowest BCUT2D eigenvalue weighted by atomic mass is 10.0. The van der Waals surface area contributed by atoms with E-state index in [1.165, 1.54) is 11.0 Å². The van der Waals surface area contributed by atoms with Crippen LogP contribution in [-0.4, -0.2) is 78.5 Å². The quantitative estimate of drug-likeness (QED) is 0.212. The van der Waals surface area contributed by atoms with Gasteiger partial charge >= 0.3 is 5.97 Å². The highest BCUT2D eigenvalue weighted by Gasteiger charge is 2.61. The number of carbonyl (C=O) groups excluding carboxylic acids is 4. The molecule has 12 nitrogen and oxygen atoms in total. The van der Waals surface area contributed by atoms with Crippen LogP contribution in [0.25, 0.3) is 0 Å². The van der Waals surface area contributed by atoms with Crippen molar-refractivity contribution in [2.24, 2.45) is 17.8 Å². The third-order valence-electron chi connectivity index (χ3n) is 12.0. The Bertz CT molecular complexity index is 1880. The van der Waals surface area contributed by atoms with Crippen LogP contribution in [-0.2, 0) is 36.8 Å². The maximum atomic E-state index is 14.6. The van der Waals surface area contributed by atoms with Crippen LogP contribution in [0, 0.1) is 23.6 Å². The first-order valence-electron chi connectivity index (χ1n) is 19.0. The Morgan fingerprint density at radius 1 is 1.00 bits per heavy atom. The van der Waals surface area contributed by atoms with E-state index in [2.05, 4.69) is 22.0 Å². The predicted octanol–water partition coefficient (Wildman–Crippen LogP) is 2.26. The van der Waals surface area contributed by atoms with E-state index in [9.17, 15) is 33.2 Å². The molecule has 6 atom stereocenters. The molecule has 6 aliphatic rings. The highest BCUT2D eigenvalue weighted by Crippen LogP contribution is 2.46. The number of ether oxygens (including phenoxy) is 1. The lowest BCUT2D eigenvalue weighted by Gasteiger charge is -2.36. The van der Waals surface area contributed by atoms with Gasteiger partial charge in [0.25, 0.3) is 10.9 Å². The molecule has 3 amide bonds. The van der Waals surface area contributed by atoms with Crippen LogP contribution in [0.15, 0.2) is 39.9 Å². The number of hydrogen-bond donors (Lipinski definition) is 3. The fraction of sp³-hybridized carbons (Fsp3) is 0.590. The number of amides is 3. The van der Waals surface area contributed by atoms with Crippen molar-refractivity contribution in [3.05, 3.63) is 67.7 Å². The Balaban J connectivity index is 1.05. The third-order valence-corrected chi connectivity index (χ3v) is 12.0. The topological polar surface area (TPSA) is 154 Å². The molecule has 0 radical (unpaired) electrons. The number of nitrogens with zero attached hydrogens (tertiary/aromatic N) is 2. The van der Waals surface area contributed by atoms with Gasteiger partial charge in [-0.1, -0.05) is 37.1 Å². The van der Waals surface area contributed by atoms with E-state index in [-0.39, 0.29) is 42.7 Å². The molecule has 8 rings (SSSR count). The van der Waals surface area contributed by atoms with E-state index < -0.39 is 58.3 Å². The number of anilines is 2. The van der Waals surface area contributed by atoms with Crippen molar-refractivity contribution in [2.75, 3.05) is 36.4 Å². The molecular weight excluding hydrogens is 669 g/mol. The molecule has 2 saturated heterocycles. The number of carbonyl (C=O) groups is 4. The maximum absolute atomic E-state index is 14.6. The van der Waals surface area contributed by atoms with Crippen molar-refractivity contribution in [1.82, 2.24) is 15.5 Å². The summed E-state index contributed by atoms with van der Waals surface area (Å²) in [4.78, 5) is 84.6. The monoisotopic (exact) mass is 715 g/mol. The smallest absolute Gasteiger partial charge is 0.309 e. The predicted molar refractivity (Wildman–Crippen MR) is 190 cm³/mol. The summed E-state index contributed by atoms with van der Waals surface area (Å²) in [5.41, 5.74) is -0.667. The zero-order valence-electron chi connectivity index (χ0n) is 29.3. The molecule has 3 N–H and O–H groups in total. The van der Waals surface area contributed by atoms with Gasteiger partial charge in [-0.15, -0.1) is 0 Å². The summed E-state index contributed by atoms with van der Waals surface area (Å²) in [5, 5.41) is 9.19. The molecule has 0 aromatic heterocycles. The third kappa shape index (κ3) is 6.51. The number of nitrogens with one attached hydrogen (secondary N) is 3. The van der Waals surface area contributed by atoms with Gasteiger partial charge in [0.15, 0.2) is 0 Å². The van der Waals surface area contributed by atoms with Crippen LogP contribution in [0.1, 0.15) is 75.3 Å². The molecule has 276 valence electrons. The van der Waals surface area contributed by atoms with E-state index >= 15 is 0 Å². The average Bonchev–Trinajstić information content (AvgIpc) is 3.97. The molecule has 2 aromatic carbocycles. The number of esters is 1. The van der Waals surface area contributed by atoms with Crippen LogP contribution in [0.2, 0.25) is 0 Å². The molecule has 13 heteroatoms. The molecule has 4 fully saturated rings. The van der Waals surface area contributed by atoms with Crippen LogP contribution < -0.4 is 31.7 Å². The van der Waals surface area contributed by atoms with E-state index in [4.69, 9.17) is 4.74 Å². The highest BCUT2D eigenvalue weighted by atomic mass is 19.1. The average molecular weight is 716 g/mol. The summed E-state index contributed by atoms with van der Waals surface area (Å²) in [6.07, 6.45) is 10.8. The first-order valence-corrected chi connectivity index (χ1v) is 19.0. The van der Waals surface area contributed by atoms with Gasteiger partial charge in [0, 0.05) is 32.0 Å². The number of halogens is 1. The molecule has 0 bridgehead atoms. The van der Waals surface area contributed by atoms with E-state index in [1.54, 1.807) is 12.1 Å². The minimum Gasteiger partial charge on any atom is -0.460 e. The second-order valence-corrected chi connectivity index (χ2v) is 15.7. The molecule has 1 unspecified atom stereocenters. The Kier molecular flexibility index (Phi) is 9.15. The minimum atomic E-state index is -1.14. The molecule has 52 heavy (non-hydrogen) atoms. The van der Waals surface area contributed by atoms with Gasteiger partial charge in [0.2, 0.25) is 17.7 Å². The Labute approximate surface area is 301 Å². The number of benzene rings is 1. The fourth-order valence-electron chi connectivity index (χ4n) is 8.45. The lowest BCUT2D eigenvalue weighted by molar-refractivity contribution is -0.153. The van der Waals surface area contributed by atoms with Crippen molar-refractivity contribution in [3.8, 4) is 0 Å². The molecule has 3 heterocycles.